The molecule has 1 aliphatic heterocycles. The lowest BCUT2D eigenvalue weighted by Crippen LogP contribution is -2.29. The fourth-order valence-corrected chi connectivity index (χ4v) is 4.22. The van der Waals surface area contributed by atoms with Crippen LogP contribution in [0.2, 0.25) is 5.02 Å². The van der Waals surface area contributed by atoms with E-state index in [0.29, 0.717) is 33.2 Å². The molecule has 0 aliphatic carbocycles. The smallest absolute Gasteiger partial charge is 0.277 e. The topological polar surface area (TPSA) is 49.0 Å². The van der Waals surface area contributed by atoms with Gasteiger partial charge < -0.3 is 0 Å². The van der Waals surface area contributed by atoms with Crippen LogP contribution in [0.25, 0.3) is 11.3 Å². The van der Waals surface area contributed by atoms with Crippen molar-refractivity contribution in [3.8, 4) is 11.3 Å². The highest BCUT2D eigenvalue weighted by Gasteiger charge is 2.44. The second kappa shape index (κ2) is 7.38. The number of amides is 1. The van der Waals surface area contributed by atoms with Crippen LogP contribution in [0, 0.1) is 5.82 Å². The first kappa shape index (κ1) is 19.0. The predicted octanol–water partition coefficient (Wildman–Crippen LogP) is 6.38. The molecule has 3 aromatic carbocycles. The summed E-state index contributed by atoms with van der Waals surface area (Å²) in [5, 5.41) is 7.84. The third kappa shape index (κ3) is 3.04. The standard InChI is InChI=1S/C23H14BrClFN3O/c24-14-7-5-13(6-8-14)20-19-21(28-27-20)23(30)29(16-11-9-15(25)10-12-16)22(19)17-3-1-2-4-18(17)26/h1-12,22H,(H,27,28)/t22-/m0/s1. The molecule has 0 saturated carbocycles. The molecule has 2 heterocycles. The maximum absolute atomic E-state index is 14.9. The summed E-state index contributed by atoms with van der Waals surface area (Å²) in [5.41, 5.74) is 3.50. The summed E-state index contributed by atoms with van der Waals surface area (Å²) in [6.45, 7) is 0. The fourth-order valence-electron chi connectivity index (χ4n) is 3.83. The second-order valence-corrected chi connectivity index (χ2v) is 8.30. The largest absolute Gasteiger partial charge is 0.295 e. The molecule has 1 N–H and O–H groups in total. The van der Waals surface area contributed by atoms with Gasteiger partial charge in [0.05, 0.1) is 11.7 Å². The Balaban J connectivity index is 1.74. The van der Waals surface area contributed by atoms with Crippen molar-refractivity contribution in [2.75, 3.05) is 4.90 Å². The van der Waals surface area contributed by atoms with Crippen molar-refractivity contribution in [3.05, 3.63) is 105 Å². The minimum absolute atomic E-state index is 0.267. The van der Waals surface area contributed by atoms with Crippen molar-refractivity contribution in [1.29, 1.82) is 0 Å². The number of benzene rings is 3. The van der Waals surface area contributed by atoms with Gasteiger partial charge in [0.2, 0.25) is 0 Å². The lowest BCUT2D eigenvalue weighted by Gasteiger charge is -2.26. The normalized spacial score (nSPS) is 15.5. The van der Waals surface area contributed by atoms with Crippen LogP contribution < -0.4 is 4.90 Å². The summed E-state index contributed by atoms with van der Waals surface area (Å²) >= 11 is 9.47. The molecule has 5 rings (SSSR count). The van der Waals surface area contributed by atoms with Gasteiger partial charge in [0.25, 0.3) is 5.91 Å². The average Bonchev–Trinajstić information content (AvgIpc) is 3.29. The second-order valence-electron chi connectivity index (χ2n) is 6.94. The summed E-state index contributed by atoms with van der Waals surface area (Å²) in [6.07, 6.45) is 0. The number of carbonyl (C=O) groups is 1. The zero-order chi connectivity index (χ0) is 20.8. The van der Waals surface area contributed by atoms with Gasteiger partial charge >= 0.3 is 0 Å². The molecule has 4 nitrogen and oxygen atoms in total. The van der Waals surface area contributed by atoms with Gasteiger partial charge in [-0.15, -0.1) is 0 Å². The van der Waals surface area contributed by atoms with E-state index in [0.717, 1.165) is 10.0 Å². The van der Waals surface area contributed by atoms with Gasteiger partial charge in [-0.2, -0.15) is 5.10 Å². The van der Waals surface area contributed by atoms with E-state index in [-0.39, 0.29) is 11.7 Å². The van der Waals surface area contributed by atoms with Gasteiger partial charge in [-0.25, -0.2) is 4.39 Å². The molecular formula is C23H14BrClFN3O. The molecular weight excluding hydrogens is 469 g/mol. The number of rotatable bonds is 3. The molecule has 30 heavy (non-hydrogen) atoms. The first-order chi connectivity index (χ1) is 14.5. The maximum Gasteiger partial charge on any atom is 0.277 e. The van der Waals surface area contributed by atoms with Crippen molar-refractivity contribution in [2.45, 2.75) is 6.04 Å². The Labute approximate surface area is 185 Å². The number of H-pyrrole nitrogens is 1. The van der Waals surface area contributed by atoms with E-state index >= 15 is 0 Å². The fraction of sp³-hybridized carbons (Fsp3) is 0.0435. The minimum atomic E-state index is -0.660. The van der Waals surface area contributed by atoms with Crippen molar-refractivity contribution >= 4 is 39.1 Å². The van der Waals surface area contributed by atoms with Crippen LogP contribution in [0.4, 0.5) is 10.1 Å². The van der Waals surface area contributed by atoms with Gasteiger partial charge in [-0.05, 0) is 42.5 Å². The highest BCUT2D eigenvalue weighted by Crippen LogP contribution is 2.45. The lowest BCUT2D eigenvalue weighted by molar-refractivity contribution is 0.0988. The molecule has 4 aromatic rings. The average molecular weight is 483 g/mol. The number of aromatic amines is 1. The van der Waals surface area contributed by atoms with Gasteiger partial charge in [0, 0.05) is 31.9 Å². The van der Waals surface area contributed by atoms with E-state index in [1.165, 1.54) is 6.07 Å². The molecule has 1 aromatic heterocycles. The van der Waals surface area contributed by atoms with Crippen LogP contribution in [0.5, 0.6) is 0 Å². The molecule has 0 fully saturated rings. The molecule has 148 valence electrons. The number of nitrogens with zero attached hydrogens (tertiary/aromatic N) is 2. The SMILES string of the molecule is O=C1c2[nH]nc(-c3ccc(Br)cc3)c2[C@H](c2ccccc2F)N1c1ccc(Cl)cc1. The third-order valence-electron chi connectivity index (χ3n) is 5.19. The number of hydrogen-bond acceptors (Lipinski definition) is 2. The molecule has 0 bridgehead atoms. The third-order valence-corrected chi connectivity index (χ3v) is 5.97. The van der Waals surface area contributed by atoms with E-state index in [2.05, 4.69) is 26.1 Å². The van der Waals surface area contributed by atoms with E-state index in [4.69, 9.17) is 11.6 Å². The summed E-state index contributed by atoms with van der Waals surface area (Å²) < 4.78 is 15.8. The van der Waals surface area contributed by atoms with Crippen molar-refractivity contribution in [1.82, 2.24) is 10.2 Å². The van der Waals surface area contributed by atoms with Gasteiger partial charge in [0.1, 0.15) is 11.5 Å². The van der Waals surface area contributed by atoms with Crippen LogP contribution in [0.15, 0.2) is 77.3 Å². The van der Waals surface area contributed by atoms with Crippen LogP contribution >= 0.6 is 27.5 Å². The number of nitrogens with one attached hydrogen (secondary N) is 1. The van der Waals surface area contributed by atoms with Gasteiger partial charge in [-0.3, -0.25) is 14.8 Å². The van der Waals surface area contributed by atoms with Crippen LogP contribution in [-0.2, 0) is 0 Å². The monoisotopic (exact) mass is 481 g/mol. The van der Waals surface area contributed by atoms with Crippen LogP contribution in [0.1, 0.15) is 27.7 Å². The highest BCUT2D eigenvalue weighted by molar-refractivity contribution is 9.10. The number of halogens is 3. The summed E-state index contributed by atoms with van der Waals surface area (Å²) in [5.74, 6) is -0.651. The highest BCUT2D eigenvalue weighted by atomic mass is 79.9. The van der Waals surface area contributed by atoms with Crippen molar-refractivity contribution in [2.24, 2.45) is 0 Å². The Hall–Kier alpha value is -2.96. The van der Waals surface area contributed by atoms with Crippen LogP contribution in [-0.4, -0.2) is 16.1 Å². The lowest BCUT2D eigenvalue weighted by atomic mass is 9.95. The zero-order valence-electron chi connectivity index (χ0n) is 15.4. The zero-order valence-corrected chi connectivity index (χ0v) is 17.8. The molecule has 1 atom stereocenters. The van der Waals surface area contributed by atoms with E-state index in [9.17, 15) is 9.18 Å². The van der Waals surface area contributed by atoms with E-state index in [1.807, 2.05) is 24.3 Å². The maximum atomic E-state index is 14.9. The molecule has 0 saturated heterocycles. The number of carbonyl (C=O) groups excluding carboxylic acids is 1. The first-order valence-electron chi connectivity index (χ1n) is 9.22. The number of hydrogen-bond donors (Lipinski definition) is 1. The Morgan fingerprint density at radius 3 is 2.40 bits per heavy atom. The van der Waals surface area contributed by atoms with E-state index < -0.39 is 6.04 Å². The Bertz CT molecular complexity index is 1250. The number of fused-ring (bicyclic) bond motifs is 1. The number of anilines is 1. The first-order valence-corrected chi connectivity index (χ1v) is 10.4. The summed E-state index contributed by atoms with van der Waals surface area (Å²) in [6, 6.07) is 20.4. The van der Waals surface area contributed by atoms with Crippen molar-refractivity contribution < 1.29 is 9.18 Å². The quantitative estimate of drug-likeness (QED) is 0.368. The molecule has 0 radical (unpaired) electrons. The summed E-state index contributed by atoms with van der Waals surface area (Å²) in [7, 11) is 0. The number of aromatic nitrogens is 2. The van der Waals surface area contributed by atoms with Gasteiger partial charge in [0.15, 0.2) is 0 Å². The molecule has 0 spiro atoms. The summed E-state index contributed by atoms with van der Waals surface area (Å²) in [4.78, 5) is 15.0. The van der Waals surface area contributed by atoms with Gasteiger partial charge in [-0.1, -0.05) is 57.9 Å². The predicted molar refractivity (Wildman–Crippen MR) is 118 cm³/mol. The minimum Gasteiger partial charge on any atom is -0.295 e. The van der Waals surface area contributed by atoms with E-state index in [1.54, 1.807) is 47.4 Å². The molecule has 0 unspecified atom stereocenters. The molecule has 1 aliphatic rings. The van der Waals surface area contributed by atoms with Crippen molar-refractivity contribution in [3.63, 3.8) is 0 Å². The molecule has 1 amide bonds. The Morgan fingerprint density at radius 2 is 1.70 bits per heavy atom. The Kier molecular flexibility index (Phi) is 4.68. The Morgan fingerprint density at radius 1 is 1.00 bits per heavy atom. The molecule has 7 heteroatoms. The van der Waals surface area contributed by atoms with Crippen LogP contribution in [0.3, 0.4) is 0 Å².